The molecule has 0 spiro atoms. The summed E-state index contributed by atoms with van der Waals surface area (Å²) in [6.45, 7) is 0.525. The molecule has 1 aromatic heterocycles. The van der Waals surface area contributed by atoms with Gasteiger partial charge in [0.25, 0.3) is 0 Å². The number of primary amides is 1. The van der Waals surface area contributed by atoms with Crippen molar-refractivity contribution in [2.75, 3.05) is 7.11 Å². The number of amides is 1. The zero-order valence-electron chi connectivity index (χ0n) is 15.2. The van der Waals surface area contributed by atoms with Gasteiger partial charge in [-0.25, -0.2) is 8.78 Å². The number of fused-ring (bicyclic) bond motifs is 3. The van der Waals surface area contributed by atoms with Gasteiger partial charge in [0.2, 0.25) is 5.91 Å². The second-order valence-electron chi connectivity index (χ2n) is 6.65. The van der Waals surface area contributed by atoms with E-state index in [-0.39, 0.29) is 12.1 Å². The summed E-state index contributed by atoms with van der Waals surface area (Å²) in [5.41, 5.74) is 8.64. The Balaban J connectivity index is 2.04. The molecule has 3 aromatic carbocycles. The van der Waals surface area contributed by atoms with Crippen LogP contribution in [0.15, 0.2) is 54.6 Å². The number of hydrogen-bond acceptors (Lipinski definition) is 2. The lowest BCUT2D eigenvalue weighted by Gasteiger charge is -2.10. The van der Waals surface area contributed by atoms with Crippen molar-refractivity contribution in [2.24, 2.45) is 5.73 Å². The van der Waals surface area contributed by atoms with E-state index in [9.17, 15) is 13.6 Å². The summed E-state index contributed by atoms with van der Waals surface area (Å²) in [6, 6.07) is 15.1. The Bertz CT molecular complexity index is 1210. The van der Waals surface area contributed by atoms with Crippen molar-refractivity contribution in [2.45, 2.75) is 13.2 Å². The number of ether oxygens (including phenoxy) is 1. The number of rotatable bonds is 5. The molecule has 4 aromatic rings. The minimum Gasteiger partial charge on any atom is -0.380 e. The molecule has 4 nitrogen and oxygen atoms in total. The molecule has 28 heavy (non-hydrogen) atoms. The fraction of sp³-hybridized carbons (Fsp3) is 0.136. The molecule has 4 rings (SSSR count). The summed E-state index contributed by atoms with van der Waals surface area (Å²) < 4.78 is 35.1. The first-order chi connectivity index (χ1) is 13.5. The first-order valence-corrected chi connectivity index (χ1v) is 8.76. The number of hydrogen-bond donors (Lipinski definition) is 1. The zero-order chi connectivity index (χ0) is 19.8. The molecular formula is C22H18F2N2O2. The summed E-state index contributed by atoms with van der Waals surface area (Å²) in [5.74, 6) is -2.31. The monoisotopic (exact) mass is 380 g/mol. The minimum absolute atomic E-state index is 0.113. The number of methoxy groups -OCH3 is 1. The fourth-order valence-corrected chi connectivity index (χ4v) is 3.66. The van der Waals surface area contributed by atoms with Crippen LogP contribution in [0.1, 0.15) is 21.5 Å². The molecule has 142 valence electrons. The Labute approximate surface area is 160 Å². The van der Waals surface area contributed by atoms with E-state index in [2.05, 4.69) is 0 Å². The van der Waals surface area contributed by atoms with Crippen LogP contribution in [0, 0.1) is 11.6 Å². The summed E-state index contributed by atoms with van der Waals surface area (Å²) in [4.78, 5) is 12.0. The zero-order valence-corrected chi connectivity index (χ0v) is 15.2. The highest BCUT2D eigenvalue weighted by Gasteiger charge is 2.18. The Morgan fingerprint density at radius 1 is 1.07 bits per heavy atom. The number of aromatic nitrogens is 1. The predicted molar refractivity (Wildman–Crippen MR) is 104 cm³/mol. The number of benzene rings is 3. The van der Waals surface area contributed by atoms with Gasteiger partial charge in [0.15, 0.2) is 11.6 Å². The van der Waals surface area contributed by atoms with Gasteiger partial charge in [-0.2, -0.15) is 0 Å². The average molecular weight is 380 g/mol. The predicted octanol–water partition coefficient (Wildman–Crippen LogP) is 4.37. The topological polar surface area (TPSA) is 57.2 Å². The number of halogens is 2. The van der Waals surface area contributed by atoms with Crippen LogP contribution in [0.25, 0.3) is 21.8 Å². The molecule has 1 heterocycles. The van der Waals surface area contributed by atoms with Gasteiger partial charge in [0, 0.05) is 34.5 Å². The van der Waals surface area contributed by atoms with E-state index >= 15 is 0 Å². The normalized spacial score (nSPS) is 11.4. The van der Waals surface area contributed by atoms with E-state index in [0.29, 0.717) is 17.6 Å². The van der Waals surface area contributed by atoms with Gasteiger partial charge in [-0.05, 0) is 29.8 Å². The van der Waals surface area contributed by atoms with Crippen molar-refractivity contribution in [3.63, 3.8) is 0 Å². The van der Waals surface area contributed by atoms with Crippen molar-refractivity contribution in [1.29, 1.82) is 0 Å². The molecule has 0 saturated heterocycles. The molecule has 0 aliphatic heterocycles. The molecule has 0 atom stereocenters. The molecule has 2 N–H and O–H groups in total. The Morgan fingerprint density at radius 2 is 1.86 bits per heavy atom. The van der Waals surface area contributed by atoms with E-state index < -0.39 is 17.5 Å². The smallest absolute Gasteiger partial charge is 0.249 e. The lowest BCUT2D eigenvalue weighted by Crippen LogP contribution is -2.11. The largest absolute Gasteiger partial charge is 0.380 e. The summed E-state index contributed by atoms with van der Waals surface area (Å²) in [5, 5.41) is 1.52. The quantitative estimate of drug-likeness (QED) is 0.559. The third-order valence-electron chi connectivity index (χ3n) is 4.89. The Morgan fingerprint density at radius 3 is 2.61 bits per heavy atom. The highest BCUT2D eigenvalue weighted by atomic mass is 19.2. The SMILES string of the molecule is COCc1ccc2c3c(C(N)=O)cccc3n(Cc3cccc(F)c3F)c2c1. The second-order valence-corrected chi connectivity index (χ2v) is 6.65. The van der Waals surface area contributed by atoms with Gasteiger partial charge in [0.05, 0.1) is 18.7 Å². The van der Waals surface area contributed by atoms with E-state index in [0.717, 1.165) is 28.0 Å². The Kier molecular flexibility index (Phi) is 4.57. The van der Waals surface area contributed by atoms with E-state index in [1.807, 2.05) is 28.8 Å². The molecule has 1 amide bonds. The van der Waals surface area contributed by atoms with Crippen LogP contribution < -0.4 is 5.73 Å². The standard InChI is InChI=1S/C22H18F2N2O2/c1-28-12-13-8-9-15-19(10-13)26(11-14-4-2-6-17(23)21(14)24)18-7-3-5-16(20(15)18)22(25)27/h2-10H,11-12H2,1H3,(H2,25,27). The second kappa shape index (κ2) is 7.05. The number of nitrogens with zero attached hydrogens (tertiary/aromatic N) is 1. The van der Waals surface area contributed by atoms with Crippen molar-refractivity contribution >= 4 is 27.7 Å². The number of carbonyl (C=O) groups is 1. The van der Waals surface area contributed by atoms with Crippen LogP contribution in [0.2, 0.25) is 0 Å². The molecule has 0 saturated carbocycles. The third-order valence-corrected chi connectivity index (χ3v) is 4.89. The Hall–Kier alpha value is -3.25. The van der Waals surface area contributed by atoms with Gasteiger partial charge in [0.1, 0.15) is 0 Å². The van der Waals surface area contributed by atoms with E-state index in [1.54, 1.807) is 25.3 Å². The van der Waals surface area contributed by atoms with Gasteiger partial charge in [-0.1, -0.05) is 30.3 Å². The summed E-state index contributed by atoms with van der Waals surface area (Å²) in [7, 11) is 1.60. The van der Waals surface area contributed by atoms with Crippen molar-refractivity contribution in [1.82, 2.24) is 4.57 Å². The van der Waals surface area contributed by atoms with Gasteiger partial charge in [-0.3, -0.25) is 4.79 Å². The number of nitrogens with two attached hydrogens (primary N) is 1. The first kappa shape index (κ1) is 18.1. The van der Waals surface area contributed by atoms with E-state index in [4.69, 9.17) is 10.5 Å². The van der Waals surface area contributed by atoms with Crippen LogP contribution in [-0.4, -0.2) is 17.6 Å². The maximum absolute atomic E-state index is 14.3. The third kappa shape index (κ3) is 2.92. The molecule has 6 heteroatoms. The van der Waals surface area contributed by atoms with Crippen LogP contribution in [-0.2, 0) is 17.9 Å². The first-order valence-electron chi connectivity index (χ1n) is 8.76. The van der Waals surface area contributed by atoms with Crippen molar-refractivity contribution < 1.29 is 18.3 Å². The summed E-state index contributed by atoms with van der Waals surface area (Å²) >= 11 is 0. The fourth-order valence-electron chi connectivity index (χ4n) is 3.66. The molecular weight excluding hydrogens is 362 g/mol. The lowest BCUT2D eigenvalue weighted by molar-refractivity contribution is 0.100. The van der Waals surface area contributed by atoms with Crippen LogP contribution in [0.3, 0.4) is 0 Å². The van der Waals surface area contributed by atoms with Crippen molar-refractivity contribution in [3.8, 4) is 0 Å². The van der Waals surface area contributed by atoms with Gasteiger partial charge >= 0.3 is 0 Å². The van der Waals surface area contributed by atoms with Crippen LogP contribution >= 0.6 is 0 Å². The maximum atomic E-state index is 14.3. The van der Waals surface area contributed by atoms with E-state index in [1.165, 1.54) is 6.07 Å². The summed E-state index contributed by atoms with van der Waals surface area (Å²) in [6.07, 6.45) is 0. The van der Waals surface area contributed by atoms with Gasteiger partial charge < -0.3 is 15.0 Å². The highest BCUT2D eigenvalue weighted by Crippen LogP contribution is 2.33. The van der Waals surface area contributed by atoms with Crippen molar-refractivity contribution in [3.05, 3.63) is 82.9 Å². The molecule has 0 bridgehead atoms. The molecule has 0 unspecified atom stereocenters. The maximum Gasteiger partial charge on any atom is 0.249 e. The molecule has 0 radical (unpaired) electrons. The van der Waals surface area contributed by atoms with Gasteiger partial charge in [-0.15, -0.1) is 0 Å². The average Bonchev–Trinajstić information content (AvgIpc) is 2.99. The van der Waals surface area contributed by atoms with Crippen LogP contribution in [0.5, 0.6) is 0 Å². The molecule has 0 fully saturated rings. The molecule has 0 aliphatic rings. The highest BCUT2D eigenvalue weighted by molar-refractivity contribution is 6.17. The van der Waals surface area contributed by atoms with Crippen LogP contribution in [0.4, 0.5) is 8.78 Å². The molecule has 0 aliphatic carbocycles. The lowest BCUT2D eigenvalue weighted by atomic mass is 10.0. The minimum atomic E-state index is -0.892. The number of carbonyl (C=O) groups excluding carboxylic acids is 1.